The van der Waals surface area contributed by atoms with Crippen LogP contribution in [0.5, 0.6) is 5.75 Å². The van der Waals surface area contributed by atoms with E-state index in [1.54, 1.807) is 6.07 Å². The molecule has 1 aliphatic rings. The highest BCUT2D eigenvalue weighted by atomic mass is 16.3. The lowest BCUT2D eigenvalue weighted by Crippen LogP contribution is -2.24. The molecule has 0 spiro atoms. The van der Waals surface area contributed by atoms with Crippen LogP contribution in [0, 0.1) is 11.8 Å². The van der Waals surface area contributed by atoms with Crippen LogP contribution in [0.25, 0.3) is 22.2 Å². The number of benzene rings is 4. The van der Waals surface area contributed by atoms with Gasteiger partial charge in [-0.15, -0.1) is 0 Å². The lowest BCUT2D eigenvalue weighted by Gasteiger charge is -2.38. The number of nitrogens with zero attached hydrogens (tertiary/aromatic N) is 4. The van der Waals surface area contributed by atoms with Gasteiger partial charge in [0.25, 0.3) is 0 Å². The summed E-state index contributed by atoms with van der Waals surface area (Å²) in [5, 5.41) is 11.1. The van der Waals surface area contributed by atoms with E-state index < -0.39 is 0 Å². The van der Waals surface area contributed by atoms with Crippen molar-refractivity contribution < 1.29 is 6.48 Å². The monoisotopic (exact) mass is 517 g/mol. The van der Waals surface area contributed by atoms with Crippen molar-refractivity contribution in [3.8, 4) is 28.8 Å². The van der Waals surface area contributed by atoms with Gasteiger partial charge in [0.15, 0.2) is 0 Å². The number of anilines is 5. The van der Waals surface area contributed by atoms with Gasteiger partial charge in [-0.25, -0.2) is 9.97 Å². The summed E-state index contributed by atoms with van der Waals surface area (Å²) in [5.74, 6) is 7.24. The largest absolute Gasteiger partial charge is 0.506 e. The fourth-order valence-corrected chi connectivity index (χ4v) is 5.07. The molecule has 0 radical (unpaired) electrons. The van der Waals surface area contributed by atoms with Crippen molar-refractivity contribution in [2.75, 3.05) is 16.8 Å². The van der Waals surface area contributed by atoms with Crippen LogP contribution in [-0.2, 0) is 0 Å². The Bertz CT molecular complexity index is 2000. The summed E-state index contributed by atoms with van der Waals surface area (Å²) < 4.78 is 8.18. The summed E-state index contributed by atoms with van der Waals surface area (Å²) in [6.07, 6.45) is 1.81. The molecule has 3 heterocycles. The number of para-hydroxylation sites is 3. The molecule has 1 aliphatic heterocycles. The van der Waals surface area contributed by atoms with E-state index in [9.17, 15) is 5.11 Å². The van der Waals surface area contributed by atoms with Crippen LogP contribution < -0.4 is 9.80 Å². The Hall–Kier alpha value is -5.60. The molecule has 0 saturated carbocycles. The molecule has 5 heteroatoms. The first-order chi connectivity index (χ1) is 20.1. The van der Waals surface area contributed by atoms with Gasteiger partial charge in [-0.2, -0.15) is 0 Å². The number of phenolic OH excluding ortho intramolecular Hbond substituents is 1. The molecular formula is C35H24N4O. The summed E-state index contributed by atoms with van der Waals surface area (Å²) in [6.45, 7) is 0. The molecule has 40 heavy (non-hydrogen) atoms. The van der Waals surface area contributed by atoms with Crippen molar-refractivity contribution in [3.63, 3.8) is 0 Å². The number of aromatic nitrogens is 2. The number of fused-ring (bicyclic) bond motifs is 3. The van der Waals surface area contributed by atoms with Crippen LogP contribution in [0.2, 0.25) is 0 Å². The zero-order valence-corrected chi connectivity index (χ0v) is 21.7. The van der Waals surface area contributed by atoms with Crippen LogP contribution in [0.3, 0.4) is 0 Å². The van der Waals surface area contributed by atoms with Crippen molar-refractivity contribution in [2.45, 2.75) is 0 Å². The Morgan fingerprint density at radius 2 is 1.50 bits per heavy atom. The van der Waals surface area contributed by atoms with Gasteiger partial charge in [0, 0.05) is 35.3 Å². The van der Waals surface area contributed by atoms with Gasteiger partial charge in [0.2, 0.25) is 0 Å². The van der Waals surface area contributed by atoms with Crippen LogP contribution >= 0.6 is 0 Å². The molecule has 0 atom stereocenters. The number of aromatic hydroxyl groups is 1. The fraction of sp³-hybridized carbons (Fsp3) is 0.0286. The highest BCUT2D eigenvalue weighted by molar-refractivity contribution is 5.98. The molecule has 0 saturated heterocycles. The standard InChI is InChI=1S/C35H24N4O/c1-38-29-11-5-6-12-31(29)39(34-21-16-25(23-36-34)15-14-24-8-3-2-4-9-24)32-22-27(18-20-30(32)38)28-19-17-26-10-7-13-33(40)35(26)37-28/h2-13,16-23,40H,1H3/i10D. The summed E-state index contributed by atoms with van der Waals surface area (Å²) in [7, 11) is 2.06. The minimum absolute atomic E-state index is 0.0609. The highest BCUT2D eigenvalue weighted by Gasteiger charge is 2.28. The number of rotatable bonds is 2. The smallest absolute Gasteiger partial charge is 0.141 e. The average molecular weight is 518 g/mol. The fourth-order valence-electron chi connectivity index (χ4n) is 5.07. The van der Waals surface area contributed by atoms with Gasteiger partial charge in [0.05, 0.1) is 29.8 Å². The first-order valence-electron chi connectivity index (χ1n) is 13.5. The summed E-state index contributed by atoms with van der Waals surface area (Å²) >= 11 is 0. The zero-order valence-electron chi connectivity index (χ0n) is 22.7. The van der Waals surface area contributed by atoms with Crippen LogP contribution in [0.15, 0.2) is 121 Å². The predicted molar refractivity (Wildman–Crippen MR) is 162 cm³/mol. The van der Waals surface area contributed by atoms with Crippen molar-refractivity contribution in [2.24, 2.45) is 0 Å². The lowest BCUT2D eigenvalue weighted by molar-refractivity contribution is 0.480. The van der Waals surface area contributed by atoms with E-state index in [1.165, 1.54) is 6.07 Å². The van der Waals surface area contributed by atoms with Crippen molar-refractivity contribution in [1.29, 1.82) is 0 Å². The molecule has 5 nitrogen and oxygen atoms in total. The van der Waals surface area contributed by atoms with Gasteiger partial charge in [0.1, 0.15) is 17.1 Å². The van der Waals surface area contributed by atoms with E-state index in [1.807, 2.05) is 79.0 Å². The van der Waals surface area contributed by atoms with Crippen LogP contribution in [-0.4, -0.2) is 22.1 Å². The maximum Gasteiger partial charge on any atom is 0.141 e. The average Bonchev–Trinajstić information content (AvgIpc) is 3.03. The third-order valence-corrected chi connectivity index (χ3v) is 7.08. The summed E-state index contributed by atoms with van der Waals surface area (Å²) in [4.78, 5) is 13.9. The molecule has 2 aromatic heterocycles. The Balaban J connectivity index is 1.33. The highest BCUT2D eigenvalue weighted by Crippen LogP contribution is 2.51. The first-order valence-corrected chi connectivity index (χ1v) is 13.0. The normalized spacial score (nSPS) is 12.3. The molecule has 0 fully saturated rings. The van der Waals surface area contributed by atoms with Gasteiger partial charge >= 0.3 is 0 Å². The maximum absolute atomic E-state index is 10.4. The van der Waals surface area contributed by atoms with Crippen LogP contribution in [0.4, 0.5) is 28.6 Å². The summed E-state index contributed by atoms with van der Waals surface area (Å²) in [5.41, 5.74) is 7.88. The second-order valence-corrected chi connectivity index (χ2v) is 9.56. The molecule has 7 rings (SSSR count). The van der Waals surface area contributed by atoms with E-state index in [4.69, 9.17) is 11.3 Å². The van der Waals surface area contributed by atoms with E-state index >= 15 is 0 Å². The van der Waals surface area contributed by atoms with Crippen molar-refractivity contribution in [3.05, 3.63) is 133 Å². The maximum atomic E-state index is 10.4. The third kappa shape index (κ3) is 4.09. The third-order valence-electron chi connectivity index (χ3n) is 7.08. The number of hydrogen-bond donors (Lipinski definition) is 1. The topological polar surface area (TPSA) is 52.5 Å². The Morgan fingerprint density at radius 3 is 2.33 bits per heavy atom. The lowest BCUT2D eigenvalue weighted by atomic mass is 10.0. The molecule has 0 amide bonds. The Labute approximate surface area is 234 Å². The molecule has 190 valence electrons. The SMILES string of the molecule is [2H]c1ccc(O)c2nc(-c3ccc4c(c3)N(c3ccc(C#Cc5ccccc5)cn3)c3ccccc3N4C)ccc12. The molecule has 6 aromatic rings. The van der Waals surface area contributed by atoms with Crippen molar-refractivity contribution >= 4 is 39.5 Å². The molecule has 0 bridgehead atoms. The molecule has 1 N–H and O–H groups in total. The second kappa shape index (κ2) is 9.61. The Morgan fingerprint density at radius 1 is 0.725 bits per heavy atom. The van der Waals surface area contributed by atoms with Crippen molar-refractivity contribution in [1.82, 2.24) is 9.97 Å². The van der Waals surface area contributed by atoms with E-state index in [0.29, 0.717) is 22.6 Å². The number of phenols is 1. The molecule has 0 aliphatic carbocycles. The van der Waals surface area contributed by atoms with E-state index in [0.717, 1.165) is 45.3 Å². The number of hydrogen-bond acceptors (Lipinski definition) is 5. The minimum Gasteiger partial charge on any atom is -0.506 e. The van der Waals surface area contributed by atoms with Gasteiger partial charge in [-0.3, -0.25) is 4.90 Å². The molecular weight excluding hydrogens is 492 g/mol. The quantitative estimate of drug-likeness (QED) is 0.236. The first kappa shape index (κ1) is 22.4. The Kier molecular flexibility index (Phi) is 5.38. The molecule has 0 unspecified atom stereocenters. The second-order valence-electron chi connectivity index (χ2n) is 9.56. The van der Waals surface area contributed by atoms with Gasteiger partial charge in [-0.05, 0) is 60.7 Å². The minimum atomic E-state index is 0.0609. The zero-order chi connectivity index (χ0) is 27.9. The van der Waals surface area contributed by atoms with E-state index in [-0.39, 0.29) is 5.75 Å². The van der Waals surface area contributed by atoms with Gasteiger partial charge in [-0.1, -0.05) is 66.4 Å². The predicted octanol–water partition coefficient (Wildman–Crippen LogP) is 7.95. The number of pyridine rings is 2. The summed E-state index contributed by atoms with van der Waals surface area (Å²) in [6, 6.07) is 35.5. The van der Waals surface area contributed by atoms with Crippen LogP contribution in [0.1, 0.15) is 12.5 Å². The van der Waals surface area contributed by atoms with Gasteiger partial charge < -0.3 is 10.0 Å². The molecule has 4 aromatic carbocycles. The van der Waals surface area contributed by atoms with E-state index in [2.05, 4.69) is 53.0 Å².